The summed E-state index contributed by atoms with van der Waals surface area (Å²) in [6, 6.07) is 7.06. The van der Waals surface area contributed by atoms with Gasteiger partial charge in [-0.15, -0.1) is 0 Å². The molecule has 0 aromatic heterocycles. The number of benzene rings is 1. The van der Waals surface area contributed by atoms with Crippen molar-refractivity contribution >= 4 is 17.5 Å². The molecular weight excluding hydrogens is 238 g/mol. The second-order valence-electron chi connectivity index (χ2n) is 4.83. The van der Waals surface area contributed by atoms with E-state index >= 15 is 0 Å². The third-order valence-corrected chi connectivity index (χ3v) is 3.20. The highest BCUT2D eigenvalue weighted by Crippen LogP contribution is 2.22. The van der Waals surface area contributed by atoms with E-state index in [9.17, 15) is 4.79 Å². The van der Waals surface area contributed by atoms with Crippen molar-refractivity contribution < 1.29 is 9.53 Å². The first-order valence-corrected chi connectivity index (χ1v) is 6.04. The molecule has 1 saturated heterocycles. The molecule has 4 heteroatoms. The number of hydrogen-bond donors (Lipinski definition) is 0. The Kier molecular flexibility index (Phi) is 3.40. The first-order valence-electron chi connectivity index (χ1n) is 5.66. The standard InChI is InChI=1S/C13H16ClNO2/c1-13(2)9-17-7-6-15(13)12(16)10-4-3-5-11(14)8-10/h3-5,8H,6-7,9H2,1-2H3. The van der Waals surface area contributed by atoms with Gasteiger partial charge in [0.1, 0.15) is 0 Å². The minimum atomic E-state index is -0.266. The molecule has 1 aromatic carbocycles. The van der Waals surface area contributed by atoms with Crippen molar-refractivity contribution in [2.45, 2.75) is 19.4 Å². The van der Waals surface area contributed by atoms with Crippen molar-refractivity contribution in [3.8, 4) is 0 Å². The fourth-order valence-electron chi connectivity index (χ4n) is 2.01. The van der Waals surface area contributed by atoms with Crippen LogP contribution in [0.25, 0.3) is 0 Å². The number of carbonyl (C=O) groups excluding carboxylic acids is 1. The molecule has 0 saturated carbocycles. The van der Waals surface area contributed by atoms with Gasteiger partial charge < -0.3 is 9.64 Å². The Labute approximate surface area is 106 Å². The summed E-state index contributed by atoms with van der Waals surface area (Å²) >= 11 is 5.90. The predicted molar refractivity (Wildman–Crippen MR) is 67.4 cm³/mol. The summed E-state index contributed by atoms with van der Waals surface area (Å²) in [5, 5.41) is 0.585. The number of carbonyl (C=O) groups is 1. The van der Waals surface area contributed by atoms with Crippen LogP contribution in [0.2, 0.25) is 5.02 Å². The van der Waals surface area contributed by atoms with Crippen molar-refractivity contribution in [1.82, 2.24) is 4.90 Å². The van der Waals surface area contributed by atoms with E-state index in [1.54, 1.807) is 24.3 Å². The van der Waals surface area contributed by atoms with E-state index in [0.29, 0.717) is 30.3 Å². The number of amides is 1. The fourth-order valence-corrected chi connectivity index (χ4v) is 2.20. The Morgan fingerprint density at radius 2 is 2.24 bits per heavy atom. The van der Waals surface area contributed by atoms with E-state index in [1.165, 1.54) is 0 Å². The molecule has 0 aliphatic carbocycles. The van der Waals surface area contributed by atoms with Crippen LogP contribution in [0.3, 0.4) is 0 Å². The zero-order valence-corrected chi connectivity index (χ0v) is 10.8. The number of halogens is 1. The molecular formula is C13H16ClNO2. The van der Waals surface area contributed by atoms with Gasteiger partial charge in [-0.1, -0.05) is 17.7 Å². The Bertz CT molecular complexity index is 431. The van der Waals surface area contributed by atoms with E-state index in [4.69, 9.17) is 16.3 Å². The Hall–Kier alpha value is -1.06. The van der Waals surface area contributed by atoms with Crippen molar-refractivity contribution in [3.05, 3.63) is 34.9 Å². The summed E-state index contributed by atoms with van der Waals surface area (Å²) in [7, 11) is 0. The van der Waals surface area contributed by atoms with Crippen LogP contribution in [-0.2, 0) is 4.74 Å². The van der Waals surface area contributed by atoms with Crippen molar-refractivity contribution in [2.75, 3.05) is 19.8 Å². The second-order valence-corrected chi connectivity index (χ2v) is 5.27. The van der Waals surface area contributed by atoms with Gasteiger partial charge in [0, 0.05) is 17.1 Å². The lowest BCUT2D eigenvalue weighted by atomic mass is 10.0. The van der Waals surface area contributed by atoms with Gasteiger partial charge >= 0.3 is 0 Å². The molecule has 2 rings (SSSR count). The second kappa shape index (κ2) is 4.67. The largest absolute Gasteiger partial charge is 0.377 e. The quantitative estimate of drug-likeness (QED) is 0.770. The van der Waals surface area contributed by atoms with Gasteiger partial charge in [-0.05, 0) is 32.0 Å². The number of hydrogen-bond acceptors (Lipinski definition) is 2. The molecule has 3 nitrogen and oxygen atoms in total. The zero-order valence-electron chi connectivity index (χ0n) is 10.1. The van der Waals surface area contributed by atoms with Crippen LogP contribution in [0, 0.1) is 0 Å². The van der Waals surface area contributed by atoms with Gasteiger partial charge in [0.05, 0.1) is 18.8 Å². The molecule has 1 heterocycles. The van der Waals surface area contributed by atoms with E-state index in [1.807, 2.05) is 18.7 Å². The van der Waals surface area contributed by atoms with E-state index in [0.717, 1.165) is 0 Å². The third-order valence-electron chi connectivity index (χ3n) is 2.96. The van der Waals surface area contributed by atoms with E-state index < -0.39 is 0 Å². The van der Waals surface area contributed by atoms with E-state index in [2.05, 4.69) is 0 Å². The lowest BCUT2D eigenvalue weighted by Crippen LogP contribution is -2.55. The van der Waals surface area contributed by atoms with Crippen LogP contribution in [-0.4, -0.2) is 36.1 Å². The summed E-state index contributed by atoms with van der Waals surface area (Å²) in [4.78, 5) is 14.2. The van der Waals surface area contributed by atoms with Gasteiger partial charge in [-0.2, -0.15) is 0 Å². The molecule has 0 radical (unpaired) electrons. The average molecular weight is 254 g/mol. The highest BCUT2D eigenvalue weighted by atomic mass is 35.5. The maximum absolute atomic E-state index is 12.4. The Morgan fingerprint density at radius 1 is 1.47 bits per heavy atom. The highest BCUT2D eigenvalue weighted by molar-refractivity contribution is 6.30. The van der Waals surface area contributed by atoms with Crippen molar-refractivity contribution in [3.63, 3.8) is 0 Å². The maximum Gasteiger partial charge on any atom is 0.254 e. The van der Waals surface area contributed by atoms with E-state index in [-0.39, 0.29) is 11.4 Å². The third kappa shape index (κ3) is 2.61. The highest BCUT2D eigenvalue weighted by Gasteiger charge is 2.34. The molecule has 1 aliphatic rings. The molecule has 17 heavy (non-hydrogen) atoms. The van der Waals surface area contributed by atoms with Crippen LogP contribution >= 0.6 is 11.6 Å². The van der Waals surface area contributed by atoms with Gasteiger partial charge in [0.25, 0.3) is 5.91 Å². The normalized spacial score (nSPS) is 19.1. The molecule has 92 valence electrons. The minimum absolute atomic E-state index is 0.0146. The predicted octanol–water partition coefficient (Wildman–Crippen LogP) is 2.59. The Balaban J connectivity index is 2.25. The molecule has 1 aliphatic heterocycles. The van der Waals surface area contributed by atoms with Gasteiger partial charge in [-0.25, -0.2) is 0 Å². The number of ether oxygens (including phenoxy) is 1. The molecule has 0 N–H and O–H groups in total. The fraction of sp³-hybridized carbons (Fsp3) is 0.462. The van der Waals surface area contributed by atoms with Crippen LogP contribution in [0.4, 0.5) is 0 Å². The summed E-state index contributed by atoms with van der Waals surface area (Å²) in [6.45, 7) is 5.80. The van der Waals surface area contributed by atoms with Gasteiger partial charge in [0.15, 0.2) is 0 Å². The molecule has 1 fully saturated rings. The molecule has 1 aromatic rings. The molecule has 0 unspecified atom stereocenters. The molecule has 0 atom stereocenters. The van der Waals surface area contributed by atoms with Crippen molar-refractivity contribution in [2.24, 2.45) is 0 Å². The zero-order chi connectivity index (χ0) is 12.5. The number of nitrogens with zero attached hydrogens (tertiary/aromatic N) is 1. The minimum Gasteiger partial charge on any atom is -0.377 e. The topological polar surface area (TPSA) is 29.5 Å². The molecule has 0 spiro atoms. The summed E-state index contributed by atoms with van der Waals surface area (Å²) in [5.74, 6) is 0.0146. The monoisotopic (exact) mass is 253 g/mol. The van der Waals surface area contributed by atoms with Gasteiger partial charge in [0.2, 0.25) is 0 Å². The van der Waals surface area contributed by atoms with Crippen molar-refractivity contribution in [1.29, 1.82) is 0 Å². The van der Waals surface area contributed by atoms with Crippen LogP contribution in [0.15, 0.2) is 24.3 Å². The Morgan fingerprint density at radius 3 is 2.88 bits per heavy atom. The smallest absolute Gasteiger partial charge is 0.254 e. The van der Waals surface area contributed by atoms with Crippen LogP contribution in [0.1, 0.15) is 24.2 Å². The molecule has 1 amide bonds. The summed E-state index contributed by atoms with van der Waals surface area (Å²) in [5.41, 5.74) is 0.366. The first kappa shape index (κ1) is 12.4. The lowest BCUT2D eigenvalue weighted by Gasteiger charge is -2.42. The maximum atomic E-state index is 12.4. The summed E-state index contributed by atoms with van der Waals surface area (Å²) in [6.07, 6.45) is 0. The first-order chi connectivity index (χ1) is 8.00. The SMILES string of the molecule is CC1(C)COCCN1C(=O)c1cccc(Cl)c1. The summed E-state index contributed by atoms with van der Waals surface area (Å²) < 4.78 is 5.40. The van der Waals surface area contributed by atoms with Crippen LogP contribution in [0.5, 0.6) is 0 Å². The lowest BCUT2D eigenvalue weighted by molar-refractivity contribution is -0.0370. The van der Waals surface area contributed by atoms with Crippen LogP contribution < -0.4 is 0 Å². The number of morpholine rings is 1. The molecule has 0 bridgehead atoms. The number of rotatable bonds is 1. The van der Waals surface area contributed by atoms with Gasteiger partial charge in [-0.3, -0.25) is 4.79 Å². The average Bonchev–Trinajstić information content (AvgIpc) is 2.27.